The molecule has 3 amide bonds. The van der Waals surface area contributed by atoms with Gasteiger partial charge in [-0.3, -0.25) is 14.4 Å². The van der Waals surface area contributed by atoms with Gasteiger partial charge in [0, 0.05) is 19.7 Å². The van der Waals surface area contributed by atoms with Gasteiger partial charge in [-0.1, -0.05) is 18.2 Å². The Morgan fingerprint density at radius 3 is 2.20 bits per heavy atom. The van der Waals surface area contributed by atoms with Crippen molar-refractivity contribution in [2.45, 2.75) is 13.3 Å². The number of nitrogens with one attached hydrogen (secondary N) is 3. The predicted octanol–water partition coefficient (Wildman–Crippen LogP) is 2.11. The average Bonchev–Trinajstić information content (AvgIpc) is 2.74. The van der Waals surface area contributed by atoms with Gasteiger partial charge in [-0.05, 0) is 41.5 Å². The maximum atomic E-state index is 12.7. The Morgan fingerprint density at radius 2 is 1.63 bits per heavy atom. The second-order valence-corrected chi connectivity index (χ2v) is 6.35. The highest BCUT2D eigenvalue weighted by Gasteiger charge is 2.13. The van der Waals surface area contributed by atoms with Crippen LogP contribution in [0.2, 0.25) is 0 Å². The molecule has 0 spiro atoms. The molecule has 0 unspecified atom stereocenters. The summed E-state index contributed by atoms with van der Waals surface area (Å²) >= 11 is 0. The van der Waals surface area contributed by atoms with Crippen molar-refractivity contribution in [2.24, 2.45) is 0 Å². The smallest absolute Gasteiger partial charge is 0.272 e. The number of carbonyl (C=O) groups excluding carboxylic acids is 3. The number of benzene rings is 2. The largest absolute Gasteiger partial charge is 0.493 e. The molecule has 0 aromatic heterocycles. The first-order valence-corrected chi connectivity index (χ1v) is 9.18. The van der Waals surface area contributed by atoms with Gasteiger partial charge in [-0.25, -0.2) is 0 Å². The van der Waals surface area contributed by atoms with Crippen LogP contribution >= 0.6 is 0 Å². The third kappa shape index (κ3) is 6.37. The zero-order chi connectivity index (χ0) is 22.1. The van der Waals surface area contributed by atoms with Gasteiger partial charge in [0.25, 0.3) is 5.91 Å². The first kappa shape index (κ1) is 22.5. The summed E-state index contributed by atoms with van der Waals surface area (Å²) in [6.45, 7) is 1.32. The molecular weight excluding hydrogens is 386 g/mol. The minimum absolute atomic E-state index is 0.0733. The van der Waals surface area contributed by atoms with Crippen molar-refractivity contribution in [3.05, 3.63) is 59.3 Å². The van der Waals surface area contributed by atoms with E-state index in [4.69, 9.17) is 9.47 Å². The zero-order valence-electron chi connectivity index (χ0n) is 17.4. The molecule has 2 aromatic carbocycles. The van der Waals surface area contributed by atoms with Crippen LogP contribution in [0.25, 0.3) is 6.08 Å². The predicted molar refractivity (Wildman–Crippen MR) is 114 cm³/mol. The molecule has 8 heteroatoms. The monoisotopic (exact) mass is 411 g/mol. The molecule has 0 atom stereocenters. The van der Waals surface area contributed by atoms with E-state index in [2.05, 4.69) is 16.0 Å². The molecule has 0 bridgehead atoms. The first-order chi connectivity index (χ1) is 14.4. The highest BCUT2D eigenvalue weighted by Crippen LogP contribution is 2.28. The van der Waals surface area contributed by atoms with Crippen molar-refractivity contribution < 1.29 is 23.9 Å². The van der Waals surface area contributed by atoms with Crippen molar-refractivity contribution >= 4 is 29.5 Å². The topological polar surface area (TPSA) is 106 Å². The minimum atomic E-state index is -0.487. The molecule has 0 heterocycles. The fourth-order valence-corrected chi connectivity index (χ4v) is 2.64. The SMILES string of the molecule is CNC(=O)Cc1ccc(NC(=O)/C(=C/c2ccc(OC)c(OC)c2)NC(C)=O)cc1. The van der Waals surface area contributed by atoms with E-state index in [1.165, 1.54) is 21.1 Å². The number of methoxy groups -OCH3 is 2. The van der Waals surface area contributed by atoms with Crippen LogP contribution in [0.15, 0.2) is 48.2 Å². The van der Waals surface area contributed by atoms with E-state index in [-0.39, 0.29) is 23.9 Å². The van der Waals surface area contributed by atoms with Gasteiger partial charge in [0.05, 0.1) is 20.6 Å². The van der Waals surface area contributed by atoms with Gasteiger partial charge in [-0.2, -0.15) is 0 Å². The normalized spacial score (nSPS) is 10.7. The number of hydrogen-bond donors (Lipinski definition) is 3. The molecule has 0 aliphatic rings. The van der Waals surface area contributed by atoms with E-state index >= 15 is 0 Å². The van der Waals surface area contributed by atoms with Crippen LogP contribution in [0.5, 0.6) is 11.5 Å². The Bertz CT molecular complexity index is 952. The standard InChI is InChI=1S/C22H25N3O5/c1-14(26)24-18(11-16-7-10-19(29-3)20(12-16)30-4)22(28)25-17-8-5-15(6-9-17)13-21(27)23-2/h5-12H,13H2,1-4H3,(H,23,27)(H,24,26)(H,25,28)/b18-11-. The second-order valence-electron chi connectivity index (χ2n) is 6.35. The number of amides is 3. The third-order valence-electron chi connectivity index (χ3n) is 4.13. The molecule has 3 N–H and O–H groups in total. The van der Waals surface area contributed by atoms with Gasteiger partial charge < -0.3 is 25.4 Å². The minimum Gasteiger partial charge on any atom is -0.493 e. The molecule has 2 rings (SSSR count). The molecule has 8 nitrogen and oxygen atoms in total. The van der Waals surface area contributed by atoms with E-state index in [1.54, 1.807) is 55.6 Å². The lowest BCUT2D eigenvalue weighted by molar-refractivity contribution is -0.120. The van der Waals surface area contributed by atoms with E-state index in [1.807, 2.05) is 0 Å². The molecule has 158 valence electrons. The molecule has 30 heavy (non-hydrogen) atoms. The van der Waals surface area contributed by atoms with Crippen LogP contribution in [-0.2, 0) is 20.8 Å². The van der Waals surface area contributed by atoms with Crippen LogP contribution in [0.1, 0.15) is 18.1 Å². The lowest BCUT2D eigenvalue weighted by Crippen LogP contribution is -2.29. The number of hydrogen-bond acceptors (Lipinski definition) is 5. The van der Waals surface area contributed by atoms with Crippen LogP contribution in [0.4, 0.5) is 5.69 Å². The average molecular weight is 411 g/mol. The van der Waals surface area contributed by atoms with Crippen LogP contribution in [0, 0.1) is 0 Å². The number of carbonyl (C=O) groups is 3. The van der Waals surface area contributed by atoms with Gasteiger partial charge >= 0.3 is 0 Å². The Labute approximate surface area is 175 Å². The van der Waals surface area contributed by atoms with Crippen molar-refractivity contribution in [2.75, 3.05) is 26.6 Å². The molecule has 0 saturated heterocycles. The number of likely N-dealkylation sites (N-methyl/N-ethyl adjacent to an activating group) is 1. The van der Waals surface area contributed by atoms with E-state index < -0.39 is 5.91 Å². The fraction of sp³-hybridized carbons (Fsp3) is 0.227. The second kappa shape index (κ2) is 10.7. The Kier molecular flexibility index (Phi) is 7.99. The number of rotatable bonds is 8. The molecule has 0 radical (unpaired) electrons. The summed E-state index contributed by atoms with van der Waals surface area (Å²) in [6.07, 6.45) is 1.79. The van der Waals surface area contributed by atoms with Crippen molar-refractivity contribution in [3.63, 3.8) is 0 Å². The fourth-order valence-electron chi connectivity index (χ4n) is 2.64. The molecule has 2 aromatic rings. The molecule has 0 saturated carbocycles. The van der Waals surface area contributed by atoms with Crippen molar-refractivity contribution in [1.29, 1.82) is 0 Å². The summed E-state index contributed by atoms with van der Waals surface area (Å²) in [5.74, 6) is 0.0898. The third-order valence-corrected chi connectivity index (χ3v) is 4.13. The summed E-state index contributed by atoms with van der Waals surface area (Å²) < 4.78 is 10.5. The van der Waals surface area contributed by atoms with Crippen LogP contribution < -0.4 is 25.4 Å². The number of ether oxygens (including phenoxy) is 2. The molecular formula is C22H25N3O5. The maximum Gasteiger partial charge on any atom is 0.272 e. The summed E-state index contributed by atoms with van der Waals surface area (Å²) in [6, 6.07) is 12.0. The van der Waals surface area contributed by atoms with E-state index in [9.17, 15) is 14.4 Å². The van der Waals surface area contributed by atoms with E-state index in [0.29, 0.717) is 22.7 Å². The highest BCUT2D eigenvalue weighted by atomic mass is 16.5. The Hall–Kier alpha value is -3.81. The van der Waals surface area contributed by atoms with Gasteiger partial charge in [-0.15, -0.1) is 0 Å². The van der Waals surface area contributed by atoms with Gasteiger partial charge in [0.1, 0.15) is 5.70 Å². The lowest BCUT2D eigenvalue weighted by Gasteiger charge is -2.12. The summed E-state index contributed by atoms with van der Waals surface area (Å²) in [5, 5.41) is 7.84. The van der Waals surface area contributed by atoms with Gasteiger partial charge in [0.2, 0.25) is 11.8 Å². The summed E-state index contributed by atoms with van der Waals surface area (Å²) in [5.41, 5.74) is 2.07. The van der Waals surface area contributed by atoms with E-state index in [0.717, 1.165) is 5.56 Å². The quantitative estimate of drug-likeness (QED) is 0.577. The van der Waals surface area contributed by atoms with Crippen molar-refractivity contribution in [1.82, 2.24) is 10.6 Å². The lowest BCUT2D eigenvalue weighted by atomic mass is 10.1. The zero-order valence-corrected chi connectivity index (χ0v) is 17.4. The van der Waals surface area contributed by atoms with Gasteiger partial charge in [0.15, 0.2) is 11.5 Å². The molecule has 0 aliphatic heterocycles. The Morgan fingerprint density at radius 1 is 0.967 bits per heavy atom. The number of anilines is 1. The molecule has 0 fully saturated rings. The van der Waals surface area contributed by atoms with Crippen molar-refractivity contribution in [3.8, 4) is 11.5 Å². The Balaban J connectivity index is 2.22. The summed E-state index contributed by atoms with van der Waals surface area (Å²) in [4.78, 5) is 35.8. The highest BCUT2D eigenvalue weighted by molar-refractivity contribution is 6.08. The molecule has 0 aliphatic carbocycles. The maximum absolute atomic E-state index is 12.7. The first-order valence-electron chi connectivity index (χ1n) is 9.18. The van der Waals surface area contributed by atoms with Crippen LogP contribution in [-0.4, -0.2) is 39.0 Å². The van der Waals surface area contributed by atoms with Crippen LogP contribution in [0.3, 0.4) is 0 Å². The summed E-state index contributed by atoms with van der Waals surface area (Å²) in [7, 11) is 4.62.